The lowest BCUT2D eigenvalue weighted by atomic mass is 9.99. The maximum Gasteiger partial charge on any atom is 0.0713 e. The molecule has 68 valence electrons. The molecule has 0 fully saturated rings. The zero-order valence-corrected chi connectivity index (χ0v) is 8.12. The van der Waals surface area contributed by atoms with Gasteiger partial charge in [-0.05, 0) is 30.6 Å². The van der Waals surface area contributed by atoms with Crippen molar-refractivity contribution in [3.63, 3.8) is 0 Å². The van der Waals surface area contributed by atoms with Crippen LogP contribution in [-0.2, 0) is 0 Å². The van der Waals surface area contributed by atoms with E-state index in [9.17, 15) is 0 Å². The number of hydrogen-bond acceptors (Lipinski definition) is 1. The molecule has 0 spiro atoms. The van der Waals surface area contributed by atoms with E-state index in [1.54, 1.807) is 0 Å². The van der Waals surface area contributed by atoms with Gasteiger partial charge in [0.05, 0.1) is 11.1 Å². The molecule has 0 unspecified atom stereocenters. The highest BCUT2D eigenvalue weighted by Gasteiger charge is 2.15. The van der Waals surface area contributed by atoms with Crippen LogP contribution in [0.1, 0.15) is 13.3 Å². The zero-order chi connectivity index (χ0) is 9.54. The molecule has 0 saturated carbocycles. The molecule has 1 aromatic rings. The summed E-state index contributed by atoms with van der Waals surface area (Å²) in [6, 6.07) is 8.37. The molecule has 1 aliphatic heterocycles. The largest absolute Gasteiger partial charge is 0.248 e. The van der Waals surface area contributed by atoms with Crippen LogP contribution < -0.4 is 10.6 Å². The minimum absolute atomic E-state index is 1.02. The lowest BCUT2D eigenvalue weighted by Gasteiger charge is -2.08. The van der Waals surface area contributed by atoms with Gasteiger partial charge in [-0.3, -0.25) is 0 Å². The SMILES string of the molecule is CC1=C2N=c3ccccc3=C2CC=C1. The molecule has 3 rings (SSSR count). The first-order chi connectivity index (χ1) is 6.86. The van der Waals surface area contributed by atoms with E-state index in [0.29, 0.717) is 0 Å². The Morgan fingerprint density at radius 3 is 3.00 bits per heavy atom. The summed E-state index contributed by atoms with van der Waals surface area (Å²) in [6.07, 6.45) is 5.40. The number of allylic oxidation sites excluding steroid dienone is 4. The number of hydrogen-bond donors (Lipinski definition) is 0. The second-order valence-corrected chi connectivity index (χ2v) is 3.75. The summed E-state index contributed by atoms with van der Waals surface area (Å²) < 4.78 is 0. The fourth-order valence-electron chi connectivity index (χ4n) is 2.11. The van der Waals surface area contributed by atoms with Gasteiger partial charge in [-0.2, -0.15) is 0 Å². The van der Waals surface area contributed by atoms with Gasteiger partial charge in [-0.25, -0.2) is 4.99 Å². The average molecular weight is 181 g/mol. The molecule has 1 aliphatic carbocycles. The maximum absolute atomic E-state index is 4.65. The Labute approximate surface area is 82.8 Å². The van der Waals surface area contributed by atoms with E-state index in [2.05, 4.69) is 42.3 Å². The molecule has 0 bridgehead atoms. The molecule has 0 saturated heterocycles. The summed E-state index contributed by atoms with van der Waals surface area (Å²) in [5.74, 6) is 0. The van der Waals surface area contributed by atoms with Crippen LogP contribution in [0, 0.1) is 0 Å². The second kappa shape index (κ2) is 2.68. The smallest absolute Gasteiger partial charge is 0.0713 e. The number of benzene rings is 1. The van der Waals surface area contributed by atoms with Gasteiger partial charge >= 0.3 is 0 Å². The van der Waals surface area contributed by atoms with Gasteiger partial charge in [-0.1, -0.05) is 30.4 Å². The first kappa shape index (κ1) is 7.74. The van der Waals surface area contributed by atoms with Gasteiger partial charge in [0.2, 0.25) is 0 Å². The number of fused-ring (bicyclic) bond motifs is 2. The predicted molar refractivity (Wildman–Crippen MR) is 57.1 cm³/mol. The van der Waals surface area contributed by atoms with E-state index in [1.807, 2.05) is 6.07 Å². The molecular formula is C13H11N. The predicted octanol–water partition coefficient (Wildman–Crippen LogP) is 1.70. The van der Waals surface area contributed by atoms with Crippen molar-refractivity contribution >= 4 is 5.57 Å². The summed E-state index contributed by atoms with van der Waals surface area (Å²) in [7, 11) is 0. The highest BCUT2D eigenvalue weighted by molar-refractivity contribution is 5.71. The van der Waals surface area contributed by atoms with Crippen molar-refractivity contribution in [3.05, 3.63) is 58.3 Å². The minimum Gasteiger partial charge on any atom is -0.248 e. The van der Waals surface area contributed by atoms with E-state index >= 15 is 0 Å². The van der Waals surface area contributed by atoms with Crippen LogP contribution in [0.15, 0.2) is 52.7 Å². The number of rotatable bonds is 0. The van der Waals surface area contributed by atoms with E-state index < -0.39 is 0 Å². The maximum atomic E-state index is 4.65. The van der Waals surface area contributed by atoms with Crippen LogP contribution in [0.25, 0.3) is 5.57 Å². The molecule has 2 aliphatic rings. The lowest BCUT2D eigenvalue weighted by molar-refractivity contribution is 1.21. The van der Waals surface area contributed by atoms with E-state index in [4.69, 9.17) is 0 Å². The molecule has 1 aromatic carbocycles. The Morgan fingerprint density at radius 1 is 1.21 bits per heavy atom. The topological polar surface area (TPSA) is 12.4 Å². The fourth-order valence-corrected chi connectivity index (χ4v) is 2.11. The van der Waals surface area contributed by atoms with Crippen LogP contribution in [-0.4, -0.2) is 0 Å². The van der Waals surface area contributed by atoms with Crippen molar-refractivity contribution in [1.82, 2.24) is 0 Å². The number of nitrogens with zero attached hydrogens (tertiary/aromatic N) is 1. The molecule has 1 heterocycles. The Morgan fingerprint density at radius 2 is 2.07 bits per heavy atom. The van der Waals surface area contributed by atoms with Gasteiger partial charge in [-0.15, -0.1) is 0 Å². The van der Waals surface area contributed by atoms with Gasteiger partial charge in [0.15, 0.2) is 0 Å². The summed E-state index contributed by atoms with van der Waals surface area (Å²) in [5, 5.41) is 2.44. The summed E-state index contributed by atoms with van der Waals surface area (Å²) in [6.45, 7) is 2.13. The van der Waals surface area contributed by atoms with Crippen molar-refractivity contribution in [2.45, 2.75) is 13.3 Å². The average Bonchev–Trinajstić information content (AvgIpc) is 2.59. The molecule has 0 radical (unpaired) electrons. The molecule has 0 amide bonds. The summed E-state index contributed by atoms with van der Waals surface area (Å²) >= 11 is 0. The van der Waals surface area contributed by atoms with Gasteiger partial charge in [0, 0.05) is 5.22 Å². The van der Waals surface area contributed by atoms with Crippen molar-refractivity contribution in [2.75, 3.05) is 0 Å². The molecule has 0 N–H and O–H groups in total. The molecule has 1 heteroatoms. The van der Waals surface area contributed by atoms with Crippen LogP contribution in [0.2, 0.25) is 0 Å². The lowest BCUT2D eigenvalue weighted by Crippen LogP contribution is -2.21. The standard InChI is InChI=1S/C13H11N/c1-9-5-4-7-11-10-6-2-3-8-12(10)14-13(9)11/h2-6,8H,7H2,1H3. The molecule has 1 nitrogen and oxygen atoms in total. The van der Waals surface area contributed by atoms with Crippen molar-refractivity contribution in [2.24, 2.45) is 4.99 Å². The summed E-state index contributed by atoms with van der Waals surface area (Å²) in [5.41, 5.74) is 3.86. The van der Waals surface area contributed by atoms with E-state index in [-0.39, 0.29) is 0 Å². The Balaban J connectivity index is 2.46. The van der Waals surface area contributed by atoms with Crippen molar-refractivity contribution in [1.29, 1.82) is 0 Å². The second-order valence-electron chi connectivity index (χ2n) is 3.75. The van der Waals surface area contributed by atoms with Crippen LogP contribution in [0.3, 0.4) is 0 Å². The monoisotopic (exact) mass is 181 g/mol. The Kier molecular flexibility index (Phi) is 1.48. The van der Waals surface area contributed by atoms with E-state index in [1.165, 1.54) is 22.1 Å². The molecular weight excluding hydrogens is 170 g/mol. The van der Waals surface area contributed by atoms with E-state index in [0.717, 1.165) is 11.8 Å². The van der Waals surface area contributed by atoms with Crippen molar-refractivity contribution < 1.29 is 0 Å². The fraction of sp³-hybridized carbons (Fsp3) is 0.154. The van der Waals surface area contributed by atoms with Crippen molar-refractivity contribution in [3.8, 4) is 0 Å². The Bertz CT molecular complexity index is 573. The molecule has 0 atom stereocenters. The van der Waals surface area contributed by atoms with Crippen LogP contribution >= 0.6 is 0 Å². The zero-order valence-electron chi connectivity index (χ0n) is 8.12. The van der Waals surface area contributed by atoms with Crippen LogP contribution in [0.4, 0.5) is 0 Å². The van der Waals surface area contributed by atoms with Gasteiger partial charge in [0.25, 0.3) is 0 Å². The minimum atomic E-state index is 1.02. The first-order valence-corrected chi connectivity index (χ1v) is 4.91. The normalized spacial score (nSPS) is 17.9. The highest BCUT2D eigenvalue weighted by atomic mass is 14.8. The first-order valence-electron chi connectivity index (χ1n) is 4.91. The highest BCUT2D eigenvalue weighted by Crippen LogP contribution is 2.26. The third kappa shape index (κ3) is 0.925. The molecule has 0 aromatic heterocycles. The van der Waals surface area contributed by atoms with Gasteiger partial charge < -0.3 is 0 Å². The summed E-state index contributed by atoms with van der Waals surface area (Å²) in [4.78, 5) is 4.65. The quantitative estimate of drug-likeness (QED) is 0.577. The van der Waals surface area contributed by atoms with Gasteiger partial charge in [0.1, 0.15) is 0 Å². The molecule has 14 heavy (non-hydrogen) atoms. The number of para-hydroxylation sites is 1. The third-order valence-electron chi connectivity index (χ3n) is 2.81. The third-order valence-corrected chi connectivity index (χ3v) is 2.81. The Hall–Kier alpha value is -1.63. The van der Waals surface area contributed by atoms with Crippen LogP contribution in [0.5, 0.6) is 0 Å².